The van der Waals surface area contributed by atoms with E-state index in [1.54, 1.807) is 0 Å². The van der Waals surface area contributed by atoms with E-state index in [1.165, 1.54) is 11.1 Å². The maximum atomic E-state index is 5.90. The molecule has 3 heteroatoms. The van der Waals surface area contributed by atoms with Gasteiger partial charge in [-0.1, -0.05) is 42.5 Å². The molecular weight excluding hydrogens is 274 g/mol. The number of nitrogens with zero attached hydrogens (tertiary/aromatic N) is 1. The van der Waals surface area contributed by atoms with Crippen molar-refractivity contribution >= 4 is 0 Å². The maximum Gasteiger partial charge on any atom is 0.119 e. The molecule has 0 spiro atoms. The summed E-state index contributed by atoms with van der Waals surface area (Å²) in [6, 6.07) is 18.7. The number of morpholine rings is 1. The van der Waals surface area contributed by atoms with Gasteiger partial charge in [-0.15, -0.1) is 0 Å². The van der Waals surface area contributed by atoms with Crippen LogP contribution < -0.4 is 4.74 Å². The maximum absolute atomic E-state index is 5.90. The Balaban J connectivity index is 1.48. The lowest BCUT2D eigenvalue weighted by molar-refractivity contribution is 0.0358. The van der Waals surface area contributed by atoms with Gasteiger partial charge in [0.15, 0.2) is 0 Å². The quantitative estimate of drug-likeness (QED) is 0.762. The lowest BCUT2D eigenvalue weighted by atomic mass is 10.1. The highest BCUT2D eigenvalue weighted by Gasteiger charge is 2.09. The van der Waals surface area contributed by atoms with Crippen LogP contribution in [0.1, 0.15) is 6.42 Å². The molecule has 0 aliphatic carbocycles. The Morgan fingerprint density at radius 2 is 1.68 bits per heavy atom. The second-order valence-electron chi connectivity index (χ2n) is 5.55. The summed E-state index contributed by atoms with van der Waals surface area (Å²) >= 11 is 0. The fourth-order valence-electron chi connectivity index (χ4n) is 2.70. The fraction of sp³-hybridized carbons (Fsp3) is 0.368. The molecule has 0 radical (unpaired) electrons. The van der Waals surface area contributed by atoms with Gasteiger partial charge in [0.1, 0.15) is 5.75 Å². The Hall–Kier alpha value is -1.84. The Labute approximate surface area is 132 Å². The molecule has 0 saturated carbocycles. The van der Waals surface area contributed by atoms with E-state index >= 15 is 0 Å². The molecule has 3 rings (SSSR count). The molecule has 3 nitrogen and oxygen atoms in total. The number of benzene rings is 2. The van der Waals surface area contributed by atoms with Crippen molar-refractivity contribution in [2.24, 2.45) is 0 Å². The van der Waals surface area contributed by atoms with Crippen LogP contribution in [0.3, 0.4) is 0 Å². The molecule has 1 heterocycles. The van der Waals surface area contributed by atoms with Gasteiger partial charge in [0.05, 0.1) is 19.8 Å². The predicted molar refractivity (Wildman–Crippen MR) is 89.2 cm³/mol. The molecule has 0 bridgehead atoms. The second-order valence-corrected chi connectivity index (χ2v) is 5.55. The van der Waals surface area contributed by atoms with Crippen molar-refractivity contribution in [1.29, 1.82) is 0 Å². The van der Waals surface area contributed by atoms with Gasteiger partial charge in [0.25, 0.3) is 0 Å². The van der Waals surface area contributed by atoms with Crippen molar-refractivity contribution in [3.05, 3.63) is 54.6 Å². The van der Waals surface area contributed by atoms with Crippen LogP contribution in [0.2, 0.25) is 0 Å². The molecule has 2 aromatic carbocycles. The summed E-state index contributed by atoms with van der Waals surface area (Å²) in [5.41, 5.74) is 2.42. The fourth-order valence-corrected chi connectivity index (χ4v) is 2.70. The molecule has 1 aliphatic heterocycles. The van der Waals surface area contributed by atoms with E-state index in [1.807, 2.05) is 12.1 Å². The Morgan fingerprint density at radius 1 is 0.909 bits per heavy atom. The highest BCUT2D eigenvalue weighted by Crippen LogP contribution is 2.23. The molecule has 0 amide bonds. The summed E-state index contributed by atoms with van der Waals surface area (Å²) in [6.07, 6.45) is 1.05. The third kappa shape index (κ3) is 4.33. The first-order valence-corrected chi connectivity index (χ1v) is 8.00. The van der Waals surface area contributed by atoms with Crippen LogP contribution in [0.15, 0.2) is 54.6 Å². The van der Waals surface area contributed by atoms with Gasteiger partial charge in [0.2, 0.25) is 0 Å². The Kier molecular flexibility index (Phi) is 5.46. The largest absolute Gasteiger partial charge is 0.494 e. The van der Waals surface area contributed by atoms with E-state index in [9.17, 15) is 0 Å². The van der Waals surface area contributed by atoms with Gasteiger partial charge < -0.3 is 9.47 Å². The molecule has 1 fully saturated rings. The lowest BCUT2D eigenvalue weighted by Crippen LogP contribution is -2.37. The van der Waals surface area contributed by atoms with Crippen LogP contribution in [-0.2, 0) is 4.74 Å². The molecule has 0 unspecified atom stereocenters. The van der Waals surface area contributed by atoms with Gasteiger partial charge in [-0.05, 0) is 29.7 Å². The summed E-state index contributed by atoms with van der Waals surface area (Å²) < 4.78 is 11.3. The minimum atomic E-state index is 0.760. The summed E-state index contributed by atoms with van der Waals surface area (Å²) in [5.74, 6) is 0.948. The summed E-state index contributed by atoms with van der Waals surface area (Å²) in [5, 5.41) is 0. The zero-order valence-electron chi connectivity index (χ0n) is 12.9. The lowest BCUT2D eigenvalue weighted by Gasteiger charge is -2.26. The van der Waals surface area contributed by atoms with Gasteiger partial charge >= 0.3 is 0 Å². The predicted octanol–water partition coefficient (Wildman–Crippen LogP) is 3.45. The standard InChI is InChI=1S/C19H23NO2/c1-2-6-17(7-3-1)18-8-4-9-19(16-18)22-13-5-10-20-11-14-21-15-12-20/h1-4,6-9,16H,5,10-15H2. The van der Waals surface area contributed by atoms with Crippen LogP contribution >= 0.6 is 0 Å². The minimum absolute atomic E-state index is 0.760. The van der Waals surface area contributed by atoms with Crippen molar-refractivity contribution in [3.63, 3.8) is 0 Å². The highest BCUT2D eigenvalue weighted by atomic mass is 16.5. The molecular formula is C19H23NO2. The van der Waals surface area contributed by atoms with Crippen LogP contribution in [0.4, 0.5) is 0 Å². The third-order valence-electron chi connectivity index (χ3n) is 3.93. The van der Waals surface area contributed by atoms with E-state index in [4.69, 9.17) is 9.47 Å². The average molecular weight is 297 g/mol. The molecule has 1 saturated heterocycles. The van der Waals surface area contributed by atoms with Gasteiger partial charge in [-0.3, -0.25) is 4.90 Å². The monoisotopic (exact) mass is 297 g/mol. The summed E-state index contributed by atoms with van der Waals surface area (Å²) in [4.78, 5) is 2.44. The van der Waals surface area contributed by atoms with Crippen molar-refractivity contribution < 1.29 is 9.47 Å². The normalized spacial score (nSPS) is 15.6. The average Bonchev–Trinajstić information content (AvgIpc) is 2.61. The van der Waals surface area contributed by atoms with E-state index in [0.29, 0.717) is 0 Å². The number of hydrogen-bond acceptors (Lipinski definition) is 3. The van der Waals surface area contributed by atoms with Crippen molar-refractivity contribution in [1.82, 2.24) is 4.90 Å². The summed E-state index contributed by atoms with van der Waals surface area (Å²) in [6.45, 7) is 5.66. The Bertz CT molecular complexity index is 565. The zero-order chi connectivity index (χ0) is 15.0. The van der Waals surface area contributed by atoms with Crippen LogP contribution in [0.5, 0.6) is 5.75 Å². The van der Waals surface area contributed by atoms with Gasteiger partial charge in [-0.25, -0.2) is 0 Å². The van der Waals surface area contributed by atoms with Crippen molar-refractivity contribution in [2.45, 2.75) is 6.42 Å². The molecule has 116 valence electrons. The van der Waals surface area contributed by atoms with E-state index in [-0.39, 0.29) is 0 Å². The highest BCUT2D eigenvalue weighted by molar-refractivity contribution is 5.64. The number of hydrogen-bond donors (Lipinski definition) is 0. The van der Waals surface area contributed by atoms with Crippen LogP contribution in [0, 0.1) is 0 Å². The zero-order valence-corrected chi connectivity index (χ0v) is 12.9. The number of rotatable bonds is 6. The van der Waals surface area contributed by atoms with Crippen molar-refractivity contribution in [3.8, 4) is 16.9 Å². The van der Waals surface area contributed by atoms with E-state index < -0.39 is 0 Å². The molecule has 1 aliphatic rings. The Morgan fingerprint density at radius 3 is 2.50 bits per heavy atom. The van der Waals surface area contributed by atoms with Crippen LogP contribution in [-0.4, -0.2) is 44.4 Å². The van der Waals surface area contributed by atoms with E-state index in [0.717, 1.165) is 51.6 Å². The number of ether oxygens (including phenoxy) is 2. The van der Waals surface area contributed by atoms with Gasteiger partial charge in [0, 0.05) is 19.6 Å². The minimum Gasteiger partial charge on any atom is -0.494 e. The SMILES string of the molecule is c1ccc(-c2cccc(OCCCN3CCOCC3)c2)cc1. The topological polar surface area (TPSA) is 21.7 Å². The first-order chi connectivity index (χ1) is 10.9. The molecule has 0 aromatic heterocycles. The van der Waals surface area contributed by atoms with Crippen molar-refractivity contribution in [2.75, 3.05) is 39.5 Å². The molecule has 2 aromatic rings. The molecule has 22 heavy (non-hydrogen) atoms. The molecule has 0 N–H and O–H groups in total. The first-order valence-electron chi connectivity index (χ1n) is 8.00. The smallest absolute Gasteiger partial charge is 0.119 e. The second kappa shape index (κ2) is 7.97. The van der Waals surface area contributed by atoms with E-state index in [2.05, 4.69) is 47.4 Å². The third-order valence-corrected chi connectivity index (χ3v) is 3.93. The first kappa shape index (κ1) is 15.1. The molecule has 0 atom stereocenters. The van der Waals surface area contributed by atoms with Crippen LogP contribution in [0.25, 0.3) is 11.1 Å². The van der Waals surface area contributed by atoms with Gasteiger partial charge in [-0.2, -0.15) is 0 Å². The summed E-state index contributed by atoms with van der Waals surface area (Å²) in [7, 11) is 0.